The molecular formula is C13H11BrClFN2. The number of nitrogens with one attached hydrogen (secondary N) is 1. The Morgan fingerprint density at radius 3 is 2.56 bits per heavy atom. The van der Waals surface area contributed by atoms with Gasteiger partial charge in [0, 0.05) is 5.02 Å². The minimum atomic E-state index is -0.311. The van der Waals surface area contributed by atoms with Gasteiger partial charge in [-0.05, 0) is 45.3 Å². The Hall–Kier alpha value is -0.940. The molecule has 94 valence electrons. The summed E-state index contributed by atoms with van der Waals surface area (Å²) in [7, 11) is 0. The largest absolute Gasteiger partial charge is 0.271 e. The van der Waals surface area contributed by atoms with Gasteiger partial charge in [0.1, 0.15) is 5.82 Å². The third-order valence-electron chi connectivity index (χ3n) is 2.66. The second kappa shape index (κ2) is 5.80. The fourth-order valence-electron chi connectivity index (χ4n) is 1.77. The van der Waals surface area contributed by atoms with Gasteiger partial charge in [-0.3, -0.25) is 5.84 Å². The molecule has 2 aromatic rings. The summed E-state index contributed by atoms with van der Waals surface area (Å²) in [6.45, 7) is 0. The van der Waals surface area contributed by atoms with E-state index < -0.39 is 0 Å². The molecule has 2 aromatic carbocycles. The summed E-state index contributed by atoms with van der Waals surface area (Å²) in [6, 6.07) is 11.9. The Morgan fingerprint density at radius 1 is 1.22 bits per heavy atom. The molecule has 0 aliphatic rings. The second-order valence-corrected chi connectivity index (χ2v) is 5.06. The first-order valence-electron chi connectivity index (χ1n) is 5.29. The van der Waals surface area contributed by atoms with Crippen molar-refractivity contribution in [3.05, 3.63) is 68.9 Å². The molecule has 0 spiro atoms. The summed E-state index contributed by atoms with van der Waals surface area (Å²) in [5.41, 5.74) is 4.37. The Kier molecular flexibility index (Phi) is 4.35. The summed E-state index contributed by atoms with van der Waals surface area (Å²) in [6.07, 6.45) is 0. The quantitative estimate of drug-likeness (QED) is 0.664. The van der Waals surface area contributed by atoms with Gasteiger partial charge in [-0.25, -0.2) is 9.82 Å². The fraction of sp³-hybridized carbons (Fsp3) is 0.0769. The maximum atomic E-state index is 13.2. The Morgan fingerprint density at radius 2 is 1.94 bits per heavy atom. The van der Waals surface area contributed by atoms with Crippen molar-refractivity contribution >= 4 is 27.5 Å². The van der Waals surface area contributed by atoms with E-state index in [2.05, 4.69) is 21.4 Å². The van der Waals surface area contributed by atoms with Gasteiger partial charge in [-0.2, -0.15) is 0 Å². The van der Waals surface area contributed by atoms with Gasteiger partial charge in [-0.15, -0.1) is 0 Å². The van der Waals surface area contributed by atoms with Crippen molar-refractivity contribution in [3.8, 4) is 0 Å². The lowest BCUT2D eigenvalue weighted by molar-refractivity contribution is 0.610. The van der Waals surface area contributed by atoms with E-state index in [-0.39, 0.29) is 11.9 Å². The van der Waals surface area contributed by atoms with Crippen LogP contribution in [-0.4, -0.2) is 0 Å². The second-order valence-electron chi connectivity index (χ2n) is 3.79. The monoisotopic (exact) mass is 328 g/mol. The van der Waals surface area contributed by atoms with Crippen molar-refractivity contribution in [2.24, 2.45) is 5.84 Å². The topological polar surface area (TPSA) is 38.0 Å². The highest BCUT2D eigenvalue weighted by Crippen LogP contribution is 2.29. The van der Waals surface area contributed by atoms with Crippen molar-refractivity contribution in [2.45, 2.75) is 6.04 Å². The van der Waals surface area contributed by atoms with Gasteiger partial charge in [-0.1, -0.05) is 35.9 Å². The zero-order valence-corrected chi connectivity index (χ0v) is 11.7. The Labute approximate surface area is 118 Å². The Balaban J connectivity index is 2.45. The smallest absolute Gasteiger partial charge is 0.137 e. The van der Waals surface area contributed by atoms with Crippen LogP contribution in [0.2, 0.25) is 5.02 Å². The van der Waals surface area contributed by atoms with Crippen LogP contribution in [0.25, 0.3) is 0 Å². The maximum Gasteiger partial charge on any atom is 0.137 e. The molecule has 0 aliphatic heterocycles. The Bertz CT molecular complexity index is 562. The molecule has 0 radical (unpaired) electrons. The van der Waals surface area contributed by atoms with Crippen molar-refractivity contribution in [1.82, 2.24) is 5.43 Å². The molecule has 0 bridgehead atoms. The molecule has 0 saturated heterocycles. The summed E-state index contributed by atoms with van der Waals surface area (Å²) < 4.78 is 13.6. The predicted octanol–water partition coefficient (Wildman–Crippen LogP) is 3.79. The van der Waals surface area contributed by atoms with E-state index in [1.807, 2.05) is 18.2 Å². The van der Waals surface area contributed by atoms with Crippen molar-refractivity contribution in [3.63, 3.8) is 0 Å². The van der Waals surface area contributed by atoms with Gasteiger partial charge >= 0.3 is 0 Å². The van der Waals surface area contributed by atoms with Crippen molar-refractivity contribution in [2.75, 3.05) is 0 Å². The number of nitrogens with two attached hydrogens (primary N) is 1. The van der Waals surface area contributed by atoms with E-state index in [4.69, 9.17) is 17.4 Å². The average molecular weight is 330 g/mol. The number of hydrogen-bond acceptors (Lipinski definition) is 2. The maximum absolute atomic E-state index is 13.2. The molecule has 1 atom stereocenters. The van der Waals surface area contributed by atoms with E-state index in [1.54, 1.807) is 18.2 Å². The van der Waals surface area contributed by atoms with E-state index in [0.717, 1.165) is 11.1 Å². The lowest BCUT2D eigenvalue weighted by Crippen LogP contribution is -2.29. The number of halogens is 3. The van der Waals surface area contributed by atoms with Crippen molar-refractivity contribution in [1.29, 1.82) is 0 Å². The molecule has 3 N–H and O–H groups in total. The van der Waals surface area contributed by atoms with Crippen LogP contribution in [-0.2, 0) is 0 Å². The molecule has 0 amide bonds. The number of benzene rings is 2. The van der Waals surface area contributed by atoms with Crippen LogP contribution < -0.4 is 11.3 Å². The van der Waals surface area contributed by atoms with Crippen LogP contribution in [0.3, 0.4) is 0 Å². The van der Waals surface area contributed by atoms with Crippen LogP contribution >= 0.6 is 27.5 Å². The third kappa shape index (κ3) is 2.72. The first-order valence-corrected chi connectivity index (χ1v) is 6.46. The number of hydrogen-bond donors (Lipinski definition) is 2. The highest BCUT2D eigenvalue weighted by atomic mass is 79.9. The molecule has 0 aliphatic carbocycles. The molecule has 18 heavy (non-hydrogen) atoms. The highest BCUT2D eigenvalue weighted by molar-refractivity contribution is 9.10. The van der Waals surface area contributed by atoms with Gasteiger partial charge in [0.25, 0.3) is 0 Å². The van der Waals surface area contributed by atoms with E-state index in [1.165, 1.54) is 6.07 Å². The van der Waals surface area contributed by atoms with Crippen molar-refractivity contribution < 1.29 is 4.39 Å². The zero-order chi connectivity index (χ0) is 13.1. The molecule has 0 fully saturated rings. The van der Waals surface area contributed by atoms with Gasteiger partial charge < -0.3 is 0 Å². The minimum Gasteiger partial charge on any atom is -0.271 e. The van der Waals surface area contributed by atoms with Gasteiger partial charge in [0.05, 0.1) is 10.5 Å². The van der Waals surface area contributed by atoms with Crippen LogP contribution in [0.15, 0.2) is 46.9 Å². The van der Waals surface area contributed by atoms with Crippen LogP contribution in [0.1, 0.15) is 17.2 Å². The summed E-state index contributed by atoms with van der Waals surface area (Å²) in [4.78, 5) is 0. The van der Waals surface area contributed by atoms with Crippen LogP contribution in [0.5, 0.6) is 0 Å². The first kappa shape index (κ1) is 13.5. The fourth-order valence-corrected chi connectivity index (χ4v) is 2.41. The molecule has 0 heterocycles. The molecule has 0 saturated carbocycles. The zero-order valence-electron chi connectivity index (χ0n) is 9.33. The molecule has 1 unspecified atom stereocenters. The number of hydrazine groups is 1. The van der Waals surface area contributed by atoms with E-state index >= 15 is 0 Å². The summed E-state index contributed by atoms with van der Waals surface area (Å²) in [5, 5.41) is 0.612. The van der Waals surface area contributed by atoms with E-state index in [9.17, 15) is 4.39 Å². The van der Waals surface area contributed by atoms with Gasteiger partial charge in [0.15, 0.2) is 0 Å². The minimum absolute atomic E-state index is 0.282. The first-order chi connectivity index (χ1) is 8.63. The lowest BCUT2D eigenvalue weighted by Gasteiger charge is -2.18. The highest BCUT2D eigenvalue weighted by Gasteiger charge is 2.16. The lowest BCUT2D eigenvalue weighted by atomic mass is 9.99. The molecule has 2 nitrogen and oxygen atoms in total. The average Bonchev–Trinajstić information content (AvgIpc) is 2.37. The normalized spacial score (nSPS) is 12.4. The standard InChI is InChI=1S/C13H11BrClFN2/c14-10-7-8(5-6-12(10)16)13(18-17)9-3-1-2-4-11(9)15/h1-7,13,18H,17H2. The van der Waals surface area contributed by atoms with Crippen LogP contribution in [0, 0.1) is 5.82 Å². The van der Waals surface area contributed by atoms with Gasteiger partial charge in [0.2, 0.25) is 0 Å². The molecule has 2 rings (SSSR count). The van der Waals surface area contributed by atoms with E-state index in [0.29, 0.717) is 9.50 Å². The predicted molar refractivity (Wildman–Crippen MR) is 74.7 cm³/mol. The van der Waals surface area contributed by atoms with Crippen LogP contribution in [0.4, 0.5) is 4.39 Å². The summed E-state index contributed by atoms with van der Waals surface area (Å²) in [5.74, 6) is 5.26. The number of rotatable bonds is 3. The third-order valence-corrected chi connectivity index (χ3v) is 3.61. The SMILES string of the molecule is NNC(c1ccc(F)c(Br)c1)c1ccccc1Cl. The molecular weight excluding hydrogens is 319 g/mol. The summed E-state index contributed by atoms with van der Waals surface area (Å²) >= 11 is 9.30. The molecule has 5 heteroatoms. The molecule has 0 aromatic heterocycles.